The van der Waals surface area contributed by atoms with Crippen LogP contribution in [0, 0.1) is 11.8 Å². The van der Waals surface area contributed by atoms with Gasteiger partial charge in [0.1, 0.15) is 0 Å². The Labute approximate surface area is 102 Å². The first-order chi connectivity index (χ1) is 7.67. The Morgan fingerprint density at radius 3 is 2.56 bits per heavy atom. The van der Waals surface area contributed by atoms with Crippen LogP contribution in [0.1, 0.15) is 59.8 Å². The molecular weight excluding hydrogens is 194 g/mol. The Bertz CT molecular complexity index is 215. The van der Waals surface area contributed by atoms with Crippen LogP contribution in [0.25, 0.3) is 0 Å². The maximum atomic E-state index is 3.71. The van der Waals surface area contributed by atoms with Gasteiger partial charge in [-0.2, -0.15) is 0 Å². The van der Waals surface area contributed by atoms with Crippen molar-refractivity contribution in [2.24, 2.45) is 11.8 Å². The molecule has 0 aromatic heterocycles. The van der Waals surface area contributed by atoms with Crippen molar-refractivity contribution in [1.29, 1.82) is 0 Å². The molecule has 0 aromatic carbocycles. The molecule has 1 fully saturated rings. The van der Waals surface area contributed by atoms with Crippen molar-refractivity contribution in [2.45, 2.75) is 65.8 Å². The molecule has 3 atom stereocenters. The van der Waals surface area contributed by atoms with E-state index in [2.05, 4.69) is 39.1 Å². The highest BCUT2D eigenvalue weighted by atomic mass is 14.9. The highest BCUT2D eigenvalue weighted by Gasteiger charge is 2.28. The normalized spacial score (nSPS) is 26.8. The minimum atomic E-state index is 0.626. The molecule has 1 saturated carbocycles. The number of allylic oxidation sites excluding steroid dienone is 1. The summed E-state index contributed by atoms with van der Waals surface area (Å²) < 4.78 is 0. The van der Waals surface area contributed by atoms with Gasteiger partial charge < -0.3 is 5.32 Å². The Balaban J connectivity index is 2.52. The van der Waals surface area contributed by atoms with Crippen molar-refractivity contribution in [1.82, 2.24) is 5.32 Å². The van der Waals surface area contributed by atoms with Crippen LogP contribution in [0.2, 0.25) is 0 Å². The van der Waals surface area contributed by atoms with Crippen LogP contribution in [-0.2, 0) is 0 Å². The van der Waals surface area contributed by atoms with Gasteiger partial charge in [-0.15, -0.1) is 0 Å². The van der Waals surface area contributed by atoms with E-state index in [1.54, 1.807) is 0 Å². The van der Waals surface area contributed by atoms with Gasteiger partial charge in [-0.1, -0.05) is 38.3 Å². The molecule has 16 heavy (non-hydrogen) atoms. The van der Waals surface area contributed by atoms with E-state index < -0.39 is 0 Å². The predicted molar refractivity (Wildman–Crippen MR) is 72.6 cm³/mol. The van der Waals surface area contributed by atoms with E-state index in [0.717, 1.165) is 18.4 Å². The van der Waals surface area contributed by atoms with Crippen LogP contribution >= 0.6 is 0 Å². The molecule has 0 amide bonds. The zero-order chi connectivity index (χ0) is 12.0. The van der Waals surface area contributed by atoms with Crippen LogP contribution < -0.4 is 5.32 Å². The van der Waals surface area contributed by atoms with E-state index in [0.29, 0.717) is 6.04 Å². The van der Waals surface area contributed by atoms with Gasteiger partial charge in [-0.3, -0.25) is 0 Å². The summed E-state index contributed by atoms with van der Waals surface area (Å²) in [5.41, 5.74) is 1.45. The molecule has 0 radical (unpaired) electrons. The summed E-state index contributed by atoms with van der Waals surface area (Å²) in [5, 5.41) is 3.71. The molecule has 1 N–H and O–H groups in total. The average Bonchev–Trinajstić information content (AvgIpc) is 2.72. The molecule has 94 valence electrons. The lowest BCUT2D eigenvalue weighted by atomic mass is 9.94. The predicted octanol–water partition coefficient (Wildman–Crippen LogP) is 4.15. The molecule has 3 unspecified atom stereocenters. The van der Waals surface area contributed by atoms with Gasteiger partial charge in [0.2, 0.25) is 0 Å². The molecule has 0 bridgehead atoms. The van der Waals surface area contributed by atoms with Crippen molar-refractivity contribution in [2.75, 3.05) is 6.54 Å². The van der Waals surface area contributed by atoms with Gasteiger partial charge in [0, 0.05) is 6.04 Å². The molecule has 1 rings (SSSR count). The molecule has 0 aromatic rings. The topological polar surface area (TPSA) is 12.0 Å². The van der Waals surface area contributed by atoms with E-state index >= 15 is 0 Å². The van der Waals surface area contributed by atoms with Crippen molar-refractivity contribution >= 4 is 0 Å². The smallest absolute Gasteiger partial charge is 0.0280 e. The lowest BCUT2D eigenvalue weighted by Crippen LogP contribution is -2.34. The van der Waals surface area contributed by atoms with E-state index in [9.17, 15) is 0 Å². The maximum Gasteiger partial charge on any atom is 0.0280 e. The quantitative estimate of drug-likeness (QED) is 0.667. The van der Waals surface area contributed by atoms with Gasteiger partial charge in [0.25, 0.3) is 0 Å². The number of nitrogens with one attached hydrogen (secondary N) is 1. The van der Waals surface area contributed by atoms with Crippen LogP contribution in [0.3, 0.4) is 0 Å². The second kappa shape index (κ2) is 7.11. The van der Waals surface area contributed by atoms with E-state index in [1.807, 2.05) is 0 Å². The summed E-state index contributed by atoms with van der Waals surface area (Å²) in [6.45, 7) is 10.2. The SMILES string of the molecule is CCCNC(C=C(C)C)C1CCC(CC)C1. The second-order valence-electron chi connectivity index (χ2n) is 5.57. The monoisotopic (exact) mass is 223 g/mol. The fourth-order valence-corrected chi connectivity index (χ4v) is 2.84. The third-order valence-electron chi connectivity index (χ3n) is 3.81. The zero-order valence-corrected chi connectivity index (χ0v) is 11.6. The molecule has 0 aliphatic heterocycles. The Hall–Kier alpha value is -0.300. The fourth-order valence-electron chi connectivity index (χ4n) is 2.84. The lowest BCUT2D eigenvalue weighted by molar-refractivity contribution is 0.393. The third kappa shape index (κ3) is 4.29. The van der Waals surface area contributed by atoms with E-state index in [-0.39, 0.29) is 0 Å². The Morgan fingerprint density at radius 1 is 1.31 bits per heavy atom. The molecule has 0 spiro atoms. The molecule has 1 aliphatic carbocycles. The largest absolute Gasteiger partial charge is 0.310 e. The highest BCUT2D eigenvalue weighted by molar-refractivity contribution is 5.04. The second-order valence-corrected chi connectivity index (χ2v) is 5.57. The lowest BCUT2D eigenvalue weighted by Gasteiger charge is -2.22. The first-order valence-corrected chi connectivity index (χ1v) is 7.05. The first kappa shape index (κ1) is 13.8. The minimum Gasteiger partial charge on any atom is -0.310 e. The van der Waals surface area contributed by atoms with Crippen LogP contribution in [0.5, 0.6) is 0 Å². The minimum absolute atomic E-state index is 0.626. The molecule has 1 nitrogen and oxygen atoms in total. The molecule has 1 heteroatoms. The summed E-state index contributed by atoms with van der Waals surface area (Å²) in [7, 11) is 0. The van der Waals surface area contributed by atoms with Crippen LogP contribution in [0.15, 0.2) is 11.6 Å². The Morgan fingerprint density at radius 2 is 2.06 bits per heavy atom. The highest BCUT2D eigenvalue weighted by Crippen LogP contribution is 2.35. The van der Waals surface area contributed by atoms with Gasteiger partial charge in [-0.25, -0.2) is 0 Å². The van der Waals surface area contributed by atoms with Gasteiger partial charge in [0.05, 0.1) is 0 Å². The molecule has 1 aliphatic rings. The summed E-state index contributed by atoms with van der Waals surface area (Å²) in [6.07, 6.45) is 9.34. The van der Waals surface area contributed by atoms with Crippen molar-refractivity contribution < 1.29 is 0 Å². The standard InChI is InChI=1S/C15H29N/c1-5-9-16-15(10-12(3)4)14-8-7-13(6-2)11-14/h10,13-16H,5-9,11H2,1-4H3. The summed E-state index contributed by atoms with van der Waals surface area (Å²) in [5.74, 6) is 1.87. The van der Waals surface area contributed by atoms with Gasteiger partial charge in [-0.05, 0) is 51.5 Å². The van der Waals surface area contributed by atoms with Crippen LogP contribution in [-0.4, -0.2) is 12.6 Å². The van der Waals surface area contributed by atoms with Crippen molar-refractivity contribution in [3.63, 3.8) is 0 Å². The maximum absolute atomic E-state index is 3.71. The number of hydrogen-bond acceptors (Lipinski definition) is 1. The summed E-state index contributed by atoms with van der Waals surface area (Å²) >= 11 is 0. The zero-order valence-electron chi connectivity index (χ0n) is 11.6. The molecular formula is C15H29N. The van der Waals surface area contributed by atoms with Gasteiger partial charge in [0.15, 0.2) is 0 Å². The van der Waals surface area contributed by atoms with E-state index in [4.69, 9.17) is 0 Å². The van der Waals surface area contributed by atoms with E-state index in [1.165, 1.54) is 37.7 Å². The summed E-state index contributed by atoms with van der Waals surface area (Å²) in [6, 6.07) is 0.626. The van der Waals surface area contributed by atoms with Crippen molar-refractivity contribution in [3.8, 4) is 0 Å². The first-order valence-electron chi connectivity index (χ1n) is 7.05. The van der Waals surface area contributed by atoms with Crippen LogP contribution in [0.4, 0.5) is 0 Å². The molecule has 0 saturated heterocycles. The van der Waals surface area contributed by atoms with Gasteiger partial charge >= 0.3 is 0 Å². The van der Waals surface area contributed by atoms with Crippen molar-refractivity contribution in [3.05, 3.63) is 11.6 Å². The number of hydrogen-bond donors (Lipinski definition) is 1. The summed E-state index contributed by atoms with van der Waals surface area (Å²) in [4.78, 5) is 0. The number of rotatable bonds is 6. The third-order valence-corrected chi connectivity index (χ3v) is 3.81. The average molecular weight is 223 g/mol. The fraction of sp³-hybridized carbons (Fsp3) is 0.867. The molecule has 0 heterocycles. The Kier molecular flexibility index (Phi) is 6.12.